The van der Waals surface area contributed by atoms with Gasteiger partial charge in [-0.3, -0.25) is 19.7 Å². The summed E-state index contributed by atoms with van der Waals surface area (Å²) in [7, 11) is 1.71. The smallest absolute Gasteiger partial charge is 0.234 e. The second kappa shape index (κ2) is 5.82. The van der Waals surface area contributed by atoms with Crippen molar-refractivity contribution in [1.82, 2.24) is 20.2 Å². The van der Waals surface area contributed by atoms with E-state index in [0.717, 1.165) is 12.1 Å². The van der Waals surface area contributed by atoms with E-state index in [1.54, 1.807) is 24.3 Å². The molecule has 3 heterocycles. The van der Waals surface area contributed by atoms with Gasteiger partial charge in [-0.15, -0.1) is 10.2 Å². The lowest BCUT2D eigenvalue weighted by Crippen LogP contribution is -2.33. The van der Waals surface area contributed by atoms with Crippen LogP contribution >= 0.6 is 11.3 Å². The first-order valence-corrected chi connectivity index (χ1v) is 7.44. The van der Waals surface area contributed by atoms with Crippen LogP contribution in [0.5, 0.6) is 0 Å². The second-order valence-electron chi connectivity index (χ2n) is 4.89. The molecule has 8 heteroatoms. The first kappa shape index (κ1) is 14.0. The van der Waals surface area contributed by atoms with Gasteiger partial charge in [0, 0.05) is 19.9 Å². The van der Waals surface area contributed by atoms with Gasteiger partial charge in [0.1, 0.15) is 5.69 Å². The highest BCUT2D eigenvalue weighted by Crippen LogP contribution is 2.28. The number of carbonyl (C=O) groups is 1. The Morgan fingerprint density at radius 1 is 1.38 bits per heavy atom. The fraction of sp³-hybridized carbons (Fsp3) is 0.462. The number of aromatic nitrogens is 4. The highest BCUT2D eigenvalue weighted by Gasteiger charge is 2.28. The molecule has 3 rings (SSSR count). The Kier molecular flexibility index (Phi) is 3.89. The van der Waals surface area contributed by atoms with Gasteiger partial charge in [-0.1, -0.05) is 11.3 Å². The Morgan fingerprint density at radius 3 is 2.90 bits per heavy atom. The topological polar surface area (TPSA) is 81.1 Å². The fourth-order valence-electron chi connectivity index (χ4n) is 2.05. The molecular weight excluding hydrogens is 290 g/mol. The summed E-state index contributed by atoms with van der Waals surface area (Å²) in [6.07, 6.45) is 4.10. The summed E-state index contributed by atoms with van der Waals surface area (Å²) in [6.45, 7) is 3.00. The Balaban J connectivity index is 1.77. The molecule has 0 spiro atoms. The van der Waals surface area contributed by atoms with Gasteiger partial charge in [0.05, 0.1) is 24.4 Å². The van der Waals surface area contributed by atoms with Crippen molar-refractivity contribution in [2.24, 2.45) is 5.92 Å². The number of rotatable bonds is 3. The number of hydrogen-bond acceptors (Lipinski definition) is 7. The molecule has 0 bridgehead atoms. The maximum atomic E-state index is 12.3. The number of nitrogens with zero attached hydrogens (tertiary/aromatic N) is 5. The molecule has 21 heavy (non-hydrogen) atoms. The SMILES string of the molecule is Cc1cnc(-c2nnc(N(C)C(=O)[C@H]3CCOC3)s2)cn1. The van der Waals surface area contributed by atoms with Crippen LogP contribution in [0.2, 0.25) is 0 Å². The van der Waals surface area contributed by atoms with E-state index in [1.807, 2.05) is 6.92 Å². The van der Waals surface area contributed by atoms with Crippen molar-refractivity contribution in [3.63, 3.8) is 0 Å². The first-order chi connectivity index (χ1) is 10.1. The van der Waals surface area contributed by atoms with Gasteiger partial charge in [-0.05, 0) is 13.3 Å². The average Bonchev–Trinajstić information content (AvgIpc) is 3.18. The van der Waals surface area contributed by atoms with Crippen LogP contribution in [0.15, 0.2) is 12.4 Å². The highest BCUT2D eigenvalue weighted by molar-refractivity contribution is 7.18. The van der Waals surface area contributed by atoms with Gasteiger partial charge in [-0.2, -0.15) is 0 Å². The van der Waals surface area contributed by atoms with E-state index in [0.29, 0.717) is 29.0 Å². The molecular formula is C13H15N5O2S. The van der Waals surface area contributed by atoms with Crippen LogP contribution in [0.3, 0.4) is 0 Å². The van der Waals surface area contributed by atoms with Crippen LogP contribution in [-0.4, -0.2) is 46.3 Å². The zero-order valence-corrected chi connectivity index (χ0v) is 12.6. The Labute approximate surface area is 126 Å². The number of hydrogen-bond donors (Lipinski definition) is 0. The van der Waals surface area contributed by atoms with E-state index < -0.39 is 0 Å². The van der Waals surface area contributed by atoms with Crippen LogP contribution in [0.25, 0.3) is 10.7 Å². The third kappa shape index (κ3) is 2.91. The number of carbonyl (C=O) groups excluding carboxylic acids is 1. The zero-order chi connectivity index (χ0) is 14.8. The lowest BCUT2D eigenvalue weighted by Gasteiger charge is -2.16. The zero-order valence-electron chi connectivity index (χ0n) is 11.8. The third-order valence-electron chi connectivity index (χ3n) is 3.31. The van der Waals surface area contributed by atoms with Crippen LogP contribution in [0, 0.1) is 12.8 Å². The Hall–Kier alpha value is -1.93. The van der Waals surface area contributed by atoms with E-state index in [1.165, 1.54) is 11.3 Å². The highest BCUT2D eigenvalue weighted by atomic mass is 32.1. The maximum absolute atomic E-state index is 12.3. The van der Waals surface area contributed by atoms with Gasteiger partial charge in [0.25, 0.3) is 0 Å². The lowest BCUT2D eigenvalue weighted by molar-refractivity contribution is -0.122. The minimum atomic E-state index is -0.0819. The normalized spacial score (nSPS) is 17.9. The number of ether oxygens (including phenoxy) is 1. The molecule has 7 nitrogen and oxygen atoms in total. The average molecular weight is 305 g/mol. The molecule has 1 aliphatic rings. The molecule has 110 valence electrons. The van der Waals surface area contributed by atoms with Gasteiger partial charge >= 0.3 is 0 Å². The van der Waals surface area contributed by atoms with Crippen molar-refractivity contribution >= 4 is 22.4 Å². The molecule has 0 radical (unpaired) electrons. The van der Waals surface area contributed by atoms with Crippen molar-refractivity contribution < 1.29 is 9.53 Å². The summed E-state index contributed by atoms with van der Waals surface area (Å²) in [5.41, 5.74) is 1.51. The Morgan fingerprint density at radius 2 is 2.24 bits per heavy atom. The summed E-state index contributed by atoms with van der Waals surface area (Å²) in [6, 6.07) is 0. The fourth-order valence-corrected chi connectivity index (χ4v) is 2.83. The Bertz CT molecular complexity index is 636. The van der Waals surface area contributed by atoms with Crippen molar-refractivity contribution in [3.8, 4) is 10.7 Å². The number of anilines is 1. The molecule has 1 aliphatic heterocycles. The molecule has 2 aromatic rings. The molecule has 0 unspecified atom stereocenters. The van der Waals surface area contributed by atoms with Crippen LogP contribution < -0.4 is 4.90 Å². The minimum Gasteiger partial charge on any atom is -0.381 e. The third-order valence-corrected chi connectivity index (χ3v) is 4.33. The van der Waals surface area contributed by atoms with E-state index in [9.17, 15) is 4.79 Å². The minimum absolute atomic E-state index is 0.0187. The molecule has 0 aromatic carbocycles. The molecule has 0 saturated carbocycles. The summed E-state index contributed by atoms with van der Waals surface area (Å²) in [5.74, 6) is -0.0632. The number of aryl methyl sites for hydroxylation is 1. The van der Waals surface area contributed by atoms with Crippen LogP contribution in [0.1, 0.15) is 12.1 Å². The quantitative estimate of drug-likeness (QED) is 0.850. The standard InChI is InChI=1S/C13H15N5O2S/c1-8-5-15-10(6-14-8)11-16-17-13(21-11)18(2)12(19)9-3-4-20-7-9/h5-6,9H,3-4,7H2,1-2H3/t9-/m0/s1. The maximum Gasteiger partial charge on any atom is 0.234 e. The van der Waals surface area contributed by atoms with Gasteiger partial charge in [0.15, 0.2) is 5.01 Å². The van der Waals surface area contributed by atoms with Crippen molar-refractivity contribution in [1.29, 1.82) is 0 Å². The molecule has 1 fully saturated rings. The van der Waals surface area contributed by atoms with E-state index >= 15 is 0 Å². The van der Waals surface area contributed by atoms with Crippen molar-refractivity contribution in [3.05, 3.63) is 18.1 Å². The molecule has 1 atom stereocenters. The largest absolute Gasteiger partial charge is 0.381 e. The van der Waals surface area contributed by atoms with Crippen LogP contribution in [-0.2, 0) is 9.53 Å². The molecule has 0 aliphatic carbocycles. The first-order valence-electron chi connectivity index (χ1n) is 6.63. The van der Waals surface area contributed by atoms with E-state index in [2.05, 4.69) is 20.2 Å². The van der Waals surface area contributed by atoms with Gasteiger partial charge < -0.3 is 4.74 Å². The number of amides is 1. The predicted molar refractivity (Wildman–Crippen MR) is 78.0 cm³/mol. The van der Waals surface area contributed by atoms with E-state index in [4.69, 9.17) is 4.74 Å². The summed E-state index contributed by atoms with van der Waals surface area (Å²) >= 11 is 1.33. The van der Waals surface area contributed by atoms with E-state index in [-0.39, 0.29) is 11.8 Å². The summed E-state index contributed by atoms with van der Waals surface area (Å²) in [4.78, 5) is 22.3. The molecule has 1 saturated heterocycles. The van der Waals surface area contributed by atoms with Crippen molar-refractivity contribution in [2.75, 3.05) is 25.2 Å². The predicted octanol–water partition coefficient (Wildman–Crippen LogP) is 1.30. The lowest BCUT2D eigenvalue weighted by atomic mass is 10.1. The monoisotopic (exact) mass is 305 g/mol. The summed E-state index contributed by atoms with van der Waals surface area (Å²) in [5, 5.41) is 9.37. The second-order valence-corrected chi connectivity index (χ2v) is 5.85. The van der Waals surface area contributed by atoms with Gasteiger partial charge in [-0.25, -0.2) is 0 Å². The molecule has 2 aromatic heterocycles. The van der Waals surface area contributed by atoms with Gasteiger partial charge in [0.2, 0.25) is 11.0 Å². The summed E-state index contributed by atoms with van der Waals surface area (Å²) < 4.78 is 5.25. The molecule has 1 amide bonds. The molecule has 0 N–H and O–H groups in total. The van der Waals surface area contributed by atoms with Crippen LogP contribution in [0.4, 0.5) is 5.13 Å². The van der Waals surface area contributed by atoms with Crippen molar-refractivity contribution in [2.45, 2.75) is 13.3 Å².